The van der Waals surface area contributed by atoms with Crippen molar-refractivity contribution in [2.24, 2.45) is 0 Å². The summed E-state index contributed by atoms with van der Waals surface area (Å²) in [6, 6.07) is 35.3. The van der Waals surface area contributed by atoms with E-state index in [0.29, 0.717) is 12.5 Å². The Morgan fingerprint density at radius 2 is 0.571 bits per heavy atom. The molecule has 0 saturated heterocycles. The van der Waals surface area contributed by atoms with Crippen LogP contribution in [-0.2, 0) is 32.5 Å². The fourth-order valence-electron chi connectivity index (χ4n) is 10.8. The third-order valence-corrected chi connectivity index (χ3v) is 23.6. The summed E-state index contributed by atoms with van der Waals surface area (Å²) in [5.41, 5.74) is 15.7. The molecule has 0 bridgehead atoms. The van der Waals surface area contributed by atoms with Crippen molar-refractivity contribution < 1.29 is 19.7 Å². The van der Waals surface area contributed by atoms with Gasteiger partial charge in [-0.25, -0.2) is 0 Å². The van der Waals surface area contributed by atoms with Crippen LogP contribution in [0.1, 0.15) is 211 Å². The second-order valence-corrected chi connectivity index (χ2v) is 36.8. The number of aromatic hydroxyl groups is 2. The zero-order valence-electron chi connectivity index (χ0n) is 52.9. The fourth-order valence-corrected chi connectivity index (χ4v) is 15.7. The molecule has 77 heavy (non-hydrogen) atoms. The van der Waals surface area contributed by atoms with Crippen LogP contribution in [0.5, 0.6) is 23.0 Å². The third kappa shape index (κ3) is 13.3. The van der Waals surface area contributed by atoms with Crippen LogP contribution in [0.2, 0.25) is 10.1 Å². The van der Waals surface area contributed by atoms with Crippen LogP contribution in [0.25, 0.3) is 44.5 Å². The number of benzene rings is 6. The van der Waals surface area contributed by atoms with Gasteiger partial charge in [0.25, 0.3) is 0 Å². The fraction of sp³-hybridized carbons (Fsp3) is 0.500. The molecule has 0 aliphatic heterocycles. The highest BCUT2D eigenvalue weighted by Crippen LogP contribution is 2.54. The van der Waals surface area contributed by atoms with Crippen molar-refractivity contribution >= 4 is 8.07 Å². The van der Waals surface area contributed by atoms with Crippen molar-refractivity contribution in [3.63, 3.8) is 0 Å². The molecule has 6 aromatic rings. The predicted octanol–water partition coefficient (Wildman–Crippen LogP) is 20.8. The van der Waals surface area contributed by atoms with Crippen molar-refractivity contribution in [1.82, 2.24) is 0 Å². The lowest BCUT2D eigenvalue weighted by Gasteiger charge is -2.50. The Kier molecular flexibility index (Phi) is 16.4. The van der Waals surface area contributed by atoms with Gasteiger partial charge in [0.2, 0.25) is 0 Å². The van der Waals surface area contributed by atoms with Gasteiger partial charge in [-0.1, -0.05) is 215 Å². The third-order valence-electron chi connectivity index (χ3n) is 16.6. The lowest BCUT2D eigenvalue weighted by atomic mass is 9.78. The van der Waals surface area contributed by atoms with Gasteiger partial charge in [-0.15, -0.1) is 0 Å². The van der Waals surface area contributed by atoms with E-state index in [9.17, 15) is 10.2 Å². The summed E-state index contributed by atoms with van der Waals surface area (Å²) in [5.74, 6) is 1.99. The molecule has 6 aromatic carbocycles. The van der Waals surface area contributed by atoms with Crippen molar-refractivity contribution in [2.45, 2.75) is 223 Å². The molecule has 2 N–H and O–H groups in total. The lowest BCUT2D eigenvalue weighted by molar-refractivity contribution is 0.318. The van der Waals surface area contributed by atoms with E-state index in [0.717, 1.165) is 78.3 Å². The Hall–Kier alpha value is -5.26. The SMILES string of the molecule is Cc1cc(-c2cc(C(C)(C)C)cc(C(C)(C)C)c2)c(O)c(-c2cc(C(C)(C)C)ccc2OC[Si](COc2ccc(C(C)(C)C)cc2-c2cc(C)cc(-c3cc(C(C)(C)C)cc(C(C)(C)C)c3)c2O)(C(C)(C)C)C(C)(C)C)c1. The zero-order valence-corrected chi connectivity index (χ0v) is 53.9. The zero-order chi connectivity index (χ0) is 58.2. The van der Waals surface area contributed by atoms with Gasteiger partial charge in [0, 0.05) is 33.4 Å². The molecule has 6 rings (SSSR count). The van der Waals surface area contributed by atoms with Gasteiger partial charge >= 0.3 is 0 Å². The first-order valence-corrected chi connectivity index (χ1v) is 30.8. The van der Waals surface area contributed by atoms with Gasteiger partial charge in [0.1, 0.15) is 23.0 Å². The van der Waals surface area contributed by atoms with Crippen molar-refractivity contribution in [3.05, 3.63) is 142 Å². The predicted molar refractivity (Wildman–Crippen MR) is 336 cm³/mol. The monoisotopic (exact) mass is 1060 g/mol. The molecule has 0 aliphatic rings. The molecule has 0 radical (unpaired) electrons. The van der Waals surface area contributed by atoms with Crippen molar-refractivity contribution in [2.75, 3.05) is 12.5 Å². The second kappa shape index (κ2) is 20.8. The van der Waals surface area contributed by atoms with Crippen LogP contribution in [0.3, 0.4) is 0 Å². The van der Waals surface area contributed by atoms with Crippen LogP contribution >= 0.6 is 0 Å². The van der Waals surface area contributed by atoms with E-state index < -0.39 is 8.07 Å². The van der Waals surface area contributed by atoms with Crippen molar-refractivity contribution in [3.8, 4) is 67.5 Å². The van der Waals surface area contributed by atoms with E-state index in [4.69, 9.17) is 9.47 Å². The summed E-state index contributed by atoms with van der Waals surface area (Å²) in [6.45, 7) is 58.9. The van der Waals surface area contributed by atoms with Gasteiger partial charge in [-0.05, 0) is 161 Å². The Morgan fingerprint density at radius 1 is 0.312 bits per heavy atom. The van der Waals surface area contributed by atoms with E-state index in [2.05, 4.69) is 277 Å². The minimum absolute atomic E-state index is 0.0836. The van der Waals surface area contributed by atoms with E-state index in [-0.39, 0.29) is 54.1 Å². The van der Waals surface area contributed by atoms with Gasteiger partial charge in [0.05, 0.1) is 12.5 Å². The molecule has 0 unspecified atom stereocenters. The van der Waals surface area contributed by atoms with E-state index in [1.807, 2.05) is 0 Å². The molecule has 416 valence electrons. The first-order chi connectivity index (χ1) is 34.8. The first kappa shape index (κ1) is 61.0. The molecular weight excluding hydrogens is 957 g/mol. The normalized spacial score (nSPS) is 13.5. The van der Waals surface area contributed by atoms with Crippen molar-refractivity contribution in [1.29, 1.82) is 0 Å². The maximum absolute atomic E-state index is 12.7. The number of hydrogen-bond acceptors (Lipinski definition) is 4. The summed E-state index contributed by atoms with van der Waals surface area (Å²) in [5, 5.41) is 25.1. The maximum atomic E-state index is 12.7. The smallest absolute Gasteiger partial charge is 0.152 e. The Balaban J connectivity index is 1.51. The number of phenolic OH excluding ortho intramolecular Hbond substituents is 2. The Bertz CT molecular complexity index is 2850. The van der Waals surface area contributed by atoms with Gasteiger partial charge in [-0.3, -0.25) is 0 Å². The van der Waals surface area contributed by atoms with Crippen LogP contribution < -0.4 is 9.47 Å². The van der Waals surface area contributed by atoms with Gasteiger partial charge in [0.15, 0.2) is 8.07 Å². The van der Waals surface area contributed by atoms with Crippen LogP contribution in [0, 0.1) is 13.8 Å². The highest BCUT2D eigenvalue weighted by Gasteiger charge is 2.55. The minimum Gasteiger partial charge on any atom is -0.507 e. The minimum atomic E-state index is -2.76. The summed E-state index contributed by atoms with van der Waals surface area (Å²) in [6.07, 6.45) is 0.943. The van der Waals surface area contributed by atoms with Gasteiger partial charge < -0.3 is 19.7 Å². The molecule has 0 aromatic heterocycles. The molecule has 0 saturated carbocycles. The quantitative estimate of drug-likeness (QED) is 0.134. The molecule has 0 atom stereocenters. The Labute approximate surface area is 469 Å². The molecular formula is C72H100O4Si. The van der Waals surface area contributed by atoms with Gasteiger partial charge in [-0.2, -0.15) is 0 Å². The largest absolute Gasteiger partial charge is 0.507 e. The number of aryl methyl sites for hydroxylation is 2. The van der Waals surface area contributed by atoms with Crippen LogP contribution in [0.4, 0.5) is 0 Å². The number of rotatable bonds is 10. The summed E-state index contributed by atoms with van der Waals surface area (Å²) in [4.78, 5) is 0. The van der Waals surface area contributed by atoms with Crippen LogP contribution in [-0.4, -0.2) is 30.7 Å². The highest BCUT2D eigenvalue weighted by molar-refractivity contribution is 6.85. The lowest BCUT2D eigenvalue weighted by Crippen LogP contribution is -2.61. The molecule has 5 heteroatoms. The molecule has 0 aliphatic carbocycles. The number of ether oxygens (including phenoxy) is 2. The average molecular weight is 1060 g/mol. The average Bonchev–Trinajstić information content (AvgIpc) is 3.27. The van der Waals surface area contributed by atoms with E-state index in [1.54, 1.807) is 0 Å². The highest BCUT2D eigenvalue weighted by atomic mass is 28.3. The molecule has 0 spiro atoms. The second-order valence-electron chi connectivity index (χ2n) is 31.1. The molecule has 0 amide bonds. The summed E-state index contributed by atoms with van der Waals surface area (Å²) in [7, 11) is -2.76. The summed E-state index contributed by atoms with van der Waals surface area (Å²) >= 11 is 0. The molecule has 0 heterocycles. The number of hydrogen-bond donors (Lipinski definition) is 2. The standard InChI is InChI=1S/C72H100O4Si/c1-45-31-55(47-35-51(67(9,10)11)39-52(36-47)68(12,13)14)63(73)59(33-45)57-41-49(65(3,4)5)27-29-61(57)75-43-77(71(21,22)23,72(24,25)26)44-76-62-30-28-50(66(6,7)8)42-58(62)60-34-46(2)32-56(64(60)74)48-37-53(69(15,16)17)40-54(38-48)70(18,19)20/h27-42,73-74H,43-44H2,1-26H3. The maximum Gasteiger partial charge on any atom is 0.152 e. The summed E-state index contributed by atoms with van der Waals surface area (Å²) < 4.78 is 14.8. The Morgan fingerprint density at radius 3 is 0.818 bits per heavy atom. The molecule has 0 fully saturated rings. The van der Waals surface area contributed by atoms with E-state index >= 15 is 0 Å². The molecule has 4 nitrogen and oxygen atoms in total. The first-order valence-electron chi connectivity index (χ1n) is 28.4. The topological polar surface area (TPSA) is 58.9 Å². The van der Waals surface area contributed by atoms with E-state index in [1.165, 1.54) is 22.3 Å². The number of phenols is 2. The van der Waals surface area contributed by atoms with Crippen LogP contribution in [0.15, 0.2) is 97.1 Å².